The fourth-order valence-corrected chi connectivity index (χ4v) is 11.7. The van der Waals surface area contributed by atoms with E-state index in [0.29, 0.717) is 5.92 Å². The van der Waals surface area contributed by atoms with Gasteiger partial charge in [0.2, 0.25) is 0 Å². The summed E-state index contributed by atoms with van der Waals surface area (Å²) >= 11 is 0. The molecule has 3 aliphatic carbocycles. The SMILES string of the molecule is C1=CC2CC=CC(N3c4ccccc4C4c5c(c6ccccc6n5-c5cccc(-n6c7c(c8c9c%10ccccc%10n(-c%10ccccc%10)c9ccc86)C=CCC7)c5)C=CC43)=C2N=C1. The Balaban J connectivity index is 0.988. The predicted octanol–water partition coefficient (Wildman–Crippen LogP) is 13.4. The summed E-state index contributed by atoms with van der Waals surface area (Å²) in [6.07, 6.45) is 23.6. The molecule has 0 spiro atoms. The third-order valence-electron chi connectivity index (χ3n) is 14.2. The molecule has 0 amide bonds. The van der Waals surface area contributed by atoms with Crippen LogP contribution in [0.15, 0.2) is 192 Å². The van der Waals surface area contributed by atoms with E-state index in [1.807, 2.05) is 6.21 Å². The largest absolute Gasteiger partial charge is 0.332 e. The molecule has 0 saturated heterocycles. The molecule has 5 heterocycles. The molecule has 5 nitrogen and oxygen atoms in total. The second-order valence-electron chi connectivity index (χ2n) is 17.3. The second kappa shape index (κ2) is 12.9. The van der Waals surface area contributed by atoms with E-state index in [1.165, 1.54) is 100 Å². The summed E-state index contributed by atoms with van der Waals surface area (Å²) in [4.78, 5) is 7.58. The first-order valence-electron chi connectivity index (χ1n) is 22.1. The molecule has 14 rings (SSSR count). The van der Waals surface area contributed by atoms with Gasteiger partial charge in [-0.2, -0.15) is 0 Å². The number of fused-ring (bicyclic) bond motifs is 15. The van der Waals surface area contributed by atoms with Crippen molar-refractivity contribution < 1.29 is 0 Å². The lowest BCUT2D eigenvalue weighted by molar-refractivity contribution is 0.661. The summed E-state index contributed by atoms with van der Waals surface area (Å²) in [5, 5.41) is 5.21. The van der Waals surface area contributed by atoms with Crippen LogP contribution in [0, 0.1) is 5.92 Å². The number of aliphatic imine (C=N–C) groups is 1. The van der Waals surface area contributed by atoms with Crippen LogP contribution >= 0.6 is 0 Å². The molecule has 62 heavy (non-hydrogen) atoms. The molecule has 3 unspecified atom stereocenters. The number of nitrogens with zero attached hydrogens (tertiary/aromatic N) is 5. The molecular formula is C57H41N5. The van der Waals surface area contributed by atoms with Gasteiger partial charge >= 0.3 is 0 Å². The fourth-order valence-electron chi connectivity index (χ4n) is 11.7. The predicted molar refractivity (Wildman–Crippen MR) is 257 cm³/mol. The summed E-state index contributed by atoms with van der Waals surface area (Å²) in [7, 11) is 0. The number of hydrogen-bond acceptors (Lipinski definition) is 2. The van der Waals surface area contributed by atoms with Gasteiger partial charge in [0.05, 0.1) is 45.4 Å². The van der Waals surface area contributed by atoms with Gasteiger partial charge in [-0.15, -0.1) is 0 Å². The number of dihydropyridines is 1. The van der Waals surface area contributed by atoms with Crippen LogP contribution in [0.2, 0.25) is 0 Å². The maximum absolute atomic E-state index is 5.00. The lowest BCUT2D eigenvalue weighted by Gasteiger charge is -2.35. The maximum Gasteiger partial charge on any atom is 0.0711 e. The average molecular weight is 796 g/mol. The van der Waals surface area contributed by atoms with E-state index in [0.717, 1.165) is 25.0 Å². The van der Waals surface area contributed by atoms with Crippen LogP contribution in [0.4, 0.5) is 5.69 Å². The lowest BCUT2D eigenvalue weighted by Crippen LogP contribution is -2.35. The third kappa shape index (κ3) is 4.60. The van der Waals surface area contributed by atoms with Crippen molar-refractivity contribution in [3.63, 3.8) is 0 Å². The van der Waals surface area contributed by atoms with Crippen molar-refractivity contribution in [2.75, 3.05) is 4.90 Å². The summed E-state index contributed by atoms with van der Waals surface area (Å²) in [5.41, 5.74) is 18.8. The van der Waals surface area contributed by atoms with Gasteiger partial charge in [0.1, 0.15) is 0 Å². The molecule has 2 aliphatic heterocycles. The number of allylic oxidation sites excluding steroid dienone is 5. The van der Waals surface area contributed by atoms with Gasteiger partial charge in [0, 0.05) is 78.9 Å². The first kappa shape index (κ1) is 34.1. The molecule has 9 aromatic rings. The normalized spacial score (nSPS) is 19.5. The Labute approximate surface area is 359 Å². The number of benzene rings is 6. The van der Waals surface area contributed by atoms with E-state index in [-0.39, 0.29) is 12.0 Å². The molecule has 3 aromatic heterocycles. The second-order valence-corrected chi connectivity index (χ2v) is 17.3. The van der Waals surface area contributed by atoms with Gasteiger partial charge in [0.15, 0.2) is 0 Å². The number of hydrogen-bond donors (Lipinski definition) is 0. The molecule has 5 aliphatic rings. The first-order valence-corrected chi connectivity index (χ1v) is 22.1. The van der Waals surface area contributed by atoms with Crippen molar-refractivity contribution in [3.8, 4) is 17.1 Å². The van der Waals surface area contributed by atoms with Gasteiger partial charge in [-0.05, 0) is 97.6 Å². The van der Waals surface area contributed by atoms with Crippen LogP contribution in [0.3, 0.4) is 0 Å². The van der Waals surface area contributed by atoms with Crippen molar-refractivity contribution in [1.82, 2.24) is 13.7 Å². The highest BCUT2D eigenvalue weighted by molar-refractivity contribution is 6.23. The summed E-state index contributed by atoms with van der Waals surface area (Å²) < 4.78 is 7.58. The number of aromatic nitrogens is 3. The average Bonchev–Trinajstić information content (AvgIpc) is 4.06. The zero-order chi connectivity index (χ0) is 40.5. The van der Waals surface area contributed by atoms with Crippen LogP contribution in [-0.2, 0) is 6.42 Å². The number of anilines is 1. The molecule has 0 saturated carbocycles. The minimum Gasteiger partial charge on any atom is -0.332 e. The molecule has 0 N–H and O–H groups in total. The Bertz CT molecular complexity index is 3580. The van der Waals surface area contributed by atoms with Crippen LogP contribution in [0.5, 0.6) is 0 Å². The van der Waals surface area contributed by atoms with E-state index >= 15 is 0 Å². The van der Waals surface area contributed by atoms with Crippen molar-refractivity contribution in [2.24, 2.45) is 10.9 Å². The molecule has 0 fully saturated rings. The summed E-state index contributed by atoms with van der Waals surface area (Å²) in [6.45, 7) is 0. The number of rotatable bonds is 4. The van der Waals surface area contributed by atoms with Gasteiger partial charge in [-0.25, -0.2) is 0 Å². The minimum absolute atomic E-state index is 0.103. The molecule has 0 bridgehead atoms. The minimum atomic E-state index is 0.103. The van der Waals surface area contributed by atoms with Crippen molar-refractivity contribution >= 4 is 67.7 Å². The number of para-hydroxylation sites is 4. The van der Waals surface area contributed by atoms with Gasteiger partial charge in [0.25, 0.3) is 0 Å². The Morgan fingerprint density at radius 3 is 2.18 bits per heavy atom. The molecule has 0 radical (unpaired) electrons. The summed E-state index contributed by atoms with van der Waals surface area (Å²) in [5.74, 6) is 0.418. The molecular weight excluding hydrogens is 755 g/mol. The van der Waals surface area contributed by atoms with E-state index in [9.17, 15) is 0 Å². The molecule has 5 heteroatoms. The zero-order valence-corrected chi connectivity index (χ0v) is 34.1. The monoisotopic (exact) mass is 795 g/mol. The van der Waals surface area contributed by atoms with Crippen LogP contribution in [0.25, 0.3) is 72.8 Å². The first-order chi connectivity index (χ1) is 30.8. The Kier molecular flexibility index (Phi) is 7.12. The fraction of sp³-hybridized carbons (Fsp3) is 0.105. The smallest absolute Gasteiger partial charge is 0.0711 e. The van der Waals surface area contributed by atoms with Crippen molar-refractivity contribution in [2.45, 2.75) is 31.2 Å². The lowest BCUT2D eigenvalue weighted by atomic mass is 9.84. The van der Waals surface area contributed by atoms with Crippen LogP contribution in [0.1, 0.15) is 46.8 Å². The molecule has 294 valence electrons. The topological polar surface area (TPSA) is 30.4 Å². The van der Waals surface area contributed by atoms with E-state index in [1.54, 1.807) is 0 Å². The highest BCUT2D eigenvalue weighted by Gasteiger charge is 2.45. The van der Waals surface area contributed by atoms with Gasteiger partial charge in [-0.1, -0.05) is 115 Å². The Morgan fingerprint density at radius 2 is 1.29 bits per heavy atom. The summed E-state index contributed by atoms with van der Waals surface area (Å²) in [6, 6.07) is 51.9. The van der Waals surface area contributed by atoms with Crippen LogP contribution < -0.4 is 4.90 Å². The maximum atomic E-state index is 5.00. The highest BCUT2D eigenvalue weighted by Crippen LogP contribution is 2.54. The Morgan fingerprint density at radius 1 is 0.548 bits per heavy atom. The quantitative estimate of drug-likeness (QED) is 0.174. The van der Waals surface area contributed by atoms with Crippen molar-refractivity contribution in [3.05, 3.63) is 215 Å². The van der Waals surface area contributed by atoms with Crippen LogP contribution in [-0.4, -0.2) is 26.0 Å². The Hall–Kier alpha value is -7.63. The highest BCUT2D eigenvalue weighted by atomic mass is 15.2. The van der Waals surface area contributed by atoms with E-state index in [4.69, 9.17) is 4.99 Å². The van der Waals surface area contributed by atoms with E-state index in [2.05, 4.69) is 207 Å². The zero-order valence-electron chi connectivity index (χ0n) is 34.1. The molecule has 6 aromatic carbocycles. The van der Waals surface area contributed by atoms with Gasteiger partial charge in [-0.3, -0.25) is 4.99 Å². The third-order valence-corrected chi connectivity index (χ3v) is 14.2. The molecule has 3 atom stereocenters. The van der Waals surface area contributed by atoms with Crippen molar-refractivity contribution in [1.29, 1.82) is 0 Å². The standard InChI is InChI=1S/C57H41N5/c1-2-17-37(18-3-1)59-46-26-9-5-22-42(46)53-49(59)32-33-50-54(53)43-23-6-10-27-47(43)60(50)38-19-13-20-39(35-38)61-45-25-8-4-21-40(45)41-30-31-51-55(57(41)61)44-24-7-11-28-48(44)62(51)52-29-12-15-36-16-14-34-58-56(36)52/h1-9,11-14,16-26,28-36,51,55H,10,15,27H2. The van der Waals surface area contributed by atoms with Gasteiger partial charge < -0.3 is 18.6 Å². The van der Waals surface area contributed by atoms with E-state index < -0.39 is 0 Å².